The van der Waals surface area contributed by atoms with Crippen LogP contribution in [0.5, 0.6) is 0 Å². The highest BCUT2D eigenvalue weighted by atomic mass is 16.1. The van der Waals surface area contributed by atoms with Gasteiger partial charge >= 0.3 is 0 Å². The number of hydrazine groups is 1. The fraction of sp³-hybridized carbons (Fsp3) is 0.182. The van der Waals surface area contributed by atoms with Gasteiger partial charge in [0.2, 0.25) is 0 Å². The third-order valence-electron chi connectivity index (χ3n) is 2.23. The normalized spacial score (nSPS) is 14.8. The Hall–Kier alpha value is -1.61. The lowest BCUT2D eigenvalue weighted by atomic mass is 10.1. The topological polar surface area (TPSA) is 41.1 Å². The number of hydrogen-bond donors (Lipinski definition) is 2. The summed E-state index contributed by atoms with van der Waals surface area (Å²) < 4.78 is 0. The molecule has 3 nitrogen and oxygen atoms in total. The van der Waals surface area contributed by atoms with Crippen LogP contribution in [0.1, 0.15) is 22.8 Å². The predicted octanol–water partition coefficient (Wildman–Crippen LogP) is 1.34. The van der Waals surface area contributed by atoms with Crippen LogP contribution < -0.4 is 10.9 Å². The van der Waals surface area contributed by atoms with Crippen LogP contribution in [-0.2, 0) is 0 Å². The Kier molecular flexibility index (Phi) is 2.33. The summed E-state index contributed by atoms with van der Waals surface area (Å²) in [5.74, 6) is 0.100. The summed E-state index contributed by atoms with van der Waals surface area (Å²) in [6.07, 6.45) is 2.07. The minimum atomic E-state index is 0.100. The van der Waals surface area contributed by atoms with Crippen LogP contribution in [0.3, 0.4) is 0 Å². The Balaban J connectivity index is 2.25. The molecule has 0 spiro atoms. The predicted molar refractivity (Wildman–Crippen MR) is 55.6 cm³/mol. The van der Waals surface area contributed by atoms with Crippen molar-refractivity contribution < 1.29 is 4.79 Å². The van der Waals surface area contributed by atoms with E-state index in [1.165, 1.54) is 0 Å². The minimum Gasteiger partial charge on any atom is -0.321 e. The molecular formula is C11H12N2O. The molecule has 2 rings (SSSR count). The van der Waals surface area contributed by atoms with Crippen LogP contribution in [0.25, 0.3) is 5.70 Å². The number of carbonyl (C=O) groups is 1. The molecule has 2 N–H and O–H groups in total. The summed E-state index contributed by atoms with van der Waals surface area (Å²) in [5, 5.41) is 0. The molecule has 0 aliphatic carbocycles. The molecule has 0 fully saturated rings. The molecule has 1 aliphatic rings. The largest absolute Gasteiger partial charge is 0.321 e. The van der Waals surface area contributed by atoms with Gasteiger partial charge in [-0.2, -0.15) is 0 Å². The summed E-state index contributed by atoms with van der Waals surface area (Å²) in [7, 11) is 0. The first-order chi connectivity index (χ1) is 6.77. The number of hydrogen-bond acceptors (Lipinski definition) is 3. The van der Waals surface area contributed by atoms with E-state index < -0.39 is 0 Å². The Morgan fingerprint density at radius 2 is 2.00 bits per heavy atom. The quantitative estimate of drug-likeness (QED) is 0.688. The third kappa shape index (κ3) is 1.67. The van der Waals surface area contributed by atoms with Gasteiger partial charge in [0.25, 0.3) is 0 Å². The van der Waals surface area contributed by atoms with E-state index in [1.807, 2.05) is 24.3 Å². The SMILES string of the molecule is CC(=O)c1ccc(C2=CCNN2)cc1. The Morgan fingerprint density at radius 3 is 2.50 bits per heavy atom. The van der Waals surface area contributed by atoms with E-state index in [1.54, 1.807) is 6.92 Å². The highest BCUT2D eigenvalue weighted by molar-refractivity contribution is 5.94. The Morgan fingerprint density at radius 1 is 1.29 bits per heavy atom. The Bertz CT molecular complexity index is 379. The van der Waals surface area contributed by atoms with Crippen LogP contribution in [0.4, 0.5) is 0 Å². The van der Waals surface area contributed by atoms with Crippen LogP contribution in [0.15, 0.2) is 30.3 Å². The van der Waals surface area contributed by atoms with Gasteiger partial charge in [-0.05, 0) is 18.6 Å². The second-order valence-electron chi connectivity index (χ2n) is 3.26. The van der Waals surface area contributed by atoms with Gasteiger partial charge in [-0.1, -0.05) is 24.3 Å². The third-order valence-corrected chi connectivity index (χ3v) is 2.23. The standard InChI is InChI=1S/C11H12N2O/c1-8(14)9-2-4-10(5-3-9)11-6-7-12-13-11/h2-6,12-13H,7H2,1H3. The second-order valence-corrected chi connectivity index (χ2v) is 3.26. The molecule has 1 aromatic rings. The van der Waals surface area contributed by atoms with Crippen LogP contribution in [0.2, 0.25) is 0 Å². The molecule has 0 bridgehead atoms. The van der Waals surface area contributed by atoms with Crippen molar-refractivity contribution in [1.29, 1.82) is 0 Å². The van der Waals surface area contributed by atoms with Gasteiger partial charge in [0.05, 0.1) is 5.70 Å². The maximum Gasteiger partial charge on any atom is 0.159 e. The highest BCUT2D eigenvalue weighted by Crippen LogP contribution is 2.13. The molecule has 0 aromatic heterocycles. The van der Waals surface area contributed by atoms with E-state index >= 15 is 0 Å². The number of ketones is 1. The molecule has 72 valence electrons. The first-order valence-corrected chi connectivity index (χ1v) is 4.58. The van der Waals surface area contributed by atoms with Crippen molar-refractivity contribution in [1.82, 2.24) is 10.9 Å². The zero-order valence-electron chi connectivity index (χ0n) is 8.00. The summed E-state index contributed by atoms with van der Waals surface area (Å²) in [5.41, 5.74) is 8.96. The van der Waals surface area contributed by atoms with Crippen molar-refractivity contribution >= 4 is 11.5 Å². The van der Waals surface area contributed by atoms with E-state index in [0.29, 0.717) is 0 Å². The average Bonchev–Trinajstić information content (AvgIpc) is 2.71. The zero-order chi connectivity index (χ0) is 9.97. The van der Waals surface area contributed by atoms with Gasteiger partial charge in [0.15, 0.2) is 5.78 Å². The number of benzene rings is 1. The van der Waals surface area contributed by atoms with Crippen LogP contribution in [0, 0.1) is 0 Å². The summed E-state index contributed by atoms with van der Waals surface area (Å²) in [6, 6.07) is 7.59. The van der Waals surface area contributed by atoms with E-state index in [9.17, 15) is 4.79 Å². The van der Waals surface area contributed by atoms with E-state index in [-0.39, 0.29) is 5.78 Å². The molecule has 0 unspecified atom stereocenters. The maximum absolute atomic E-state index is 11.0. The first-order valence-electron chi connectivity index (χ1n) is 4.58. The molecule has 1 aliphatic heterocycles. The van der Waals surface area contributed by atoms with Crippen LogP contribution in [-0.4, -0.2) is 12.3 Å². The van der Waals surface area contributed by atoms with Gasteiger partial charge in [0.1, 0.15) is 0 Å². The number of Topliss-reactive ketones (excluding diaryl/α,β-unsaturated/α-hetero) is 1. The van der Waals surface area contributed by atoms with Crippen molar-refractivity contribution in [3.63, 3.8) is 0 Å². The first kappa shape index (κ1) is 8.97. The second kappa shape index (κ2) is 3.64. The van der Waals surface area contributed by atoms with Gasteiger partial charge < -0.3 is 5.43 Å². The number of nitrogens with one attached hydrogen (secondary N) is 2. The fourth-order valence-electron chi connectivity index (χ4n) is 1.42. The van der Waals surface area contributed by atoms with Gasteiger partial charge in [-0.15, -0.1) is 0 Å². The van der Waals surface area contributed by atoms with E-state index in [4.69, 9.17) is 0 Å². The molecule has 0 amide bonds. The van der Waals surface area contributed by atoms with Crippen molar-refractivity contribution in [2.45, 2.75) is 6.92 Å². The van der Waals surface area contributed by atoms with Crippen molar-refractivity contribution in [3.8, 4) is 0 Å². The average molecular weight is 188 g/mol. The maximum atomic E-state index is 11.0. The van der Waals surface area contributed by atoms with E-state index in [2.05, 4.69) is 16.9 Å². The smallest absolute Gasteiger partial charge is 0.159 e. The van der Waals surface area contributed by atoms with Crippen LogP contribution >= 0.6 is 0 Å². The molecule has 0 atom stereocenters. The molecule has 0 radical (unpaired) electrons. The highest BCUT2D eigenvalue weighted by Gasteiger charge is 2.05. The lowest BCUT2D eigenvalue weighted by Crippen LogP contribution is -2.22. The van der Waals surface area contributed by atoms with Crippen molar-refractivity contribution in [2.75, 3.05) is 6.54 Å². The fourth-order valence-corrected chi connectivity index (χ4v) is 1.42. The molecular weight excluding hydrogens is 176 g/mol. The molecule has 1 aromatic carbocycles. The molecule has 14 heavy (non-hydrogen) atoms. The Labute approximate surface area is 82.8 Å². The van der Waals surface area contributed by atoms with Gasteiger partial charge in [0, 0.05) is 12.1 Å². The zero-order valence-corrected chi connectivity index (χ0v) is 8.00. The minimum absolute atomic E-state index is 0.100. The monoisotopic (exact) mass is 188 g/mol. The van der Waals surface area contributed by atoms with Gasteiger partial charge in [-0.3, -0.25) is 4.79 Å². The summed E-state index contributed by atoms with van der Waals surface area (Å²) in [6.45, 7) is 2.41. The summed E-state index contributed by atoms with van der Waals surface area (Å²) in [4.78, 5) is 11.0. The lowest BCUT2D eigenvalue weighted by Gasteiger charge is -2.04. The van der Waals surface area contributed by atoms with Gasteiger partial charge in [-0.25, -0.2) is 5.43 Å². The molecule has 0 saturated carbocycles. The lowest BCUT2D eigenvalue weighted by molar-refractivity contribution is 0.101. The molecule has 3 heteroatoms. The summed E-state index contributed by atoms with van der Waals surface area (Å²) >= 11 is 0. The molecule has 0 saturated heterocycles. The molecule has 1 heterocycles. The number of carbonyl (C=O) groups excluding carboxylic acids is 1. The number of rotatable bonds is 2. The van der Waals surface area contributed by atoms with Crippen molar-refractivity contribution in [2.24, 2.45) is 0 Å². The van der Waals surface area contributed by atoms with E-state index in [0.717, 1.165) is 23.4 Å². The van der Waals surface area contributed by atoms with Crippen molar-refractivity contribution in [3.05, 3.63) is 41.5 Å².